The van der Waals surface area contributed by atoms with E-state index in [1.807, 2.05) is 47.4 Å². The lowest BCUT2D eigenvalue weighted by Gasteiger charge is -2.38. The Bertz CT molecular complexity index is 664. The molecule has 1 fully saturated rings. The first-order chi connectivity index (χ1) is 12.2. The van der Waals surface area contributed by atoms with Crippen molar-refractivity contribution in [3.05, 3.63) is 54.9 Å². The van der Waals surface area contributed by atoms with E-state index in [1.54, 1.807) is 12.4 Å². The molecule has 2 aromatic rings. The quantitative estimate of drug-likeness (QED) is 0.800. The summed E-state index contributed by atoms with van der Waals surface area (Å²) in [6.07, 6.45) is 4.03. The van der Waals surface area contributed by atoms with Crippen LogP contribution in [0, 0.1) is 0 Å². The fraction of sp³-hybridized carbons (Fsp3) is 0.368. The molecule has 26 heavy (non-hydrogen) atoms. The number of anilines is 1. The van der Waals surface area contributed by atoms with Gasteiger partial charge in [-0.3, -0.25) is 14.7 Å². The van der Waals surface area contributed by atoms with E-state index in [2.05, 4.69) is 9.88 Å². The number of rotatable bonds is 7. The lowest BCUT2D eigenvalue weighted by atomic mass is 10.1. The molecule has 1 atom stereocenters. The first-order valence-electron chi connectivity index (χ1n) is 8.54. The Hall–Kier alpha value is -2.31. The van der Waals surface area contributed by atoms with Crippen molar-refractivity contribution in [3.63, 3.8) is 0 Å². The average Bonchev–Trinajstić information content (AvgIpc) is 2.67. The van der Waals surface area contributed by atoms with Gasteiger partial charge in [-0.05, 0) is 24.3 Å². The molecule has 0 amide bonds. The summed E-state index contributed by atoms with van der Waals surface area (Å²) in [5.41, 5.74) is 1.13. The number of nitrogens with zero attached hydrogens (tertiary/aromatic N) is 3. The van der Waals surface area contributed by atoms with Gasteiger partial charge in [-0.25, -0.2) is 0 Å². The largest absolute Gasteiger partial charge is 0.494 e. The fourth-order valence-corrected chi connectivity index (χ4v) is 3.11. The zero-order valence-electron chi connectivity index (χ0n) is 14.5. The maximum Gasteiger partial charge on any atom is 0.321 e. The number of piperazine rings is 1. The van der Waals surface area contributed by atoms with Gasteiger partial charge in [0.05, 0.1) is 6.61 Å². The minimum Gasteiger partial charge on any atom is -0.494 e. The van der Waals surface area contributed by atoms with Gasteiger partial charge in [0.1, 0.15) is 11.8 Å². The van der Waals surface area contributed by atoms with Gasteiger partial charge in [-0.1, -0.05) is 18.2 Å². The number of hydrogen-bond donors (Lipinski definition) is 1. The van der Waals surface area contributed by atoms with Crippen molar-refractivity contribution >= 4 is 24.1 Å². The van der Waals surface area contributed by atoms with Gasteiger partial charge in [0.15, 0.2) is 0 Å². The molecule has 1 saturated heterocycles. The summed E-state index contributed by atoms with van der Waals surface area (Å²) in [6.45, 7) is 3.47. The molecule has 0 bridgehead atoms. The summed E-state index contributed by atoms with van der Waals surface area (Å²) in [6, 6.07) is 12.9. The molecule has 1 aromatic heterocycles. The SMILES string of the molecule is Cl.O=C(O)C(CCOc1ccccc1)N1CCN(c2ccncc2)CC1. The van der Waals surface area contributed by atoms with Gasteiger partial charge in [0, 0.05) is 50.7 Å². The van der Waals surface area contributed by atoms with Crippen LogP contribution in [0.1, 0.15) is 6.42 Å². The second kappa shape index (κ2) is 9.99. The zero-order valence-corrected chi connectivity index (χ0v) is 15.3. The Morgan fingerprint density at radius 1 is 1.08 bits per heavy atom. The highest BCUT2D eigenvalue weighted by molar-refractivity contribution is 5.85. The molecule has 7 heteroatoms. The summed E-state index contributed by atoms with van der Waals surface area (Å²) in [4.78, 5) is 20.0. The van der Waals surface area contributed by atoms with E-state index in [4.69, 9.17) is 4.74 Å². The molecule has 2 heterocycles. The van der Waals surface area contributed by atoms with Crippen LogP contribution in [-0.4, -0.2) is 59.8 Å². The lowest BCUT2D eigenvalue weighted by Crippen LogP contribution is -2.53. The van der Waals surface area contributed by atoms with Crippen molar-refractivity contribution in [2.45, 2.75) is 12.5 Å². The average molecular weight is 378 g/mol. The molecule has 6 nitrogen and oxygen atoms in total. The zero-order chi connectivity index (χ0) is 17.5. The third-order valence-electron chi connectivity index (χ3n) is 4.47. The van der Waals surface area contributed by atoms with E-state index in [0.717, 1.165) is 37.6 Å². The van der Waals surface area contributed by atoms with Crippen LogP contribution >= 0.6 is 12.4 Å². The maximum atomic E-state index is 11.7. The minimum absolute atomic E-state index is 0. The number of ether oxygens (including phenoxy) is 1. The predicted molar refractivity (Wildman–Crippen MR) is 103 cm³/mol. The van der Waals surface area contributed by atoms with Gasteiger partial charge in [-0.15, -0.1) is 12.4 Å². The maximum absolute atomic E-state index is 11.7. The van der Waals surface area contributed by atoms with E-state index in [-0.39, 0.29) is 12.4 Å². The number of para-hydroxylation sites is 1. The standard InChI is InChI=1S/C19H23N3O3.ClH/c23-19(24)18(8-15-25-17-4-2-1-3-5-17)22-13-11-21(12-14-22)16-6-9-20-10-7-16;/h1-7,9-10,18H,8,11-15H2,(H,23,24);1H. The molecule has 1 aliphatic heterocycles. The predicted octanol–water partition coefficient (Wildman–Crippen LogP) is 2.55. The van der Waals surface area contributed by atoms with Crippen LogP contribution in [0.5, 0.6) is 5.75 Å². The third-order valence-corrected chi connectivity index (χ3v) is 4.47. The minimum atomic E-state index is -0.783. The van der Waals surface area contributed by atoms with Crippen molar-refractivity contribution in [1.29, 1.82) is 0 Å². The van der Waals surface area contributed by atoms with Crippen LogP contribution in [0.15, 0.2) is 54.9 Å². The van der Waals surface area contributed by atoms with Gasteiger partial charge < -0.3 is 14.7 Å². The number of hydrogen-bond acceptors (Lipinski definition) is 5. The van der Waals surface area contributed by atoms with Gasteiger partial charge in [0.2, 0.25) is 0 Å². The van der Waals surface area contributed by atoms with Crippen LogP contribution in [0.25, 0.3) is 0 Å². The number of aromatic nitrogens is 1. The normalized spacial score (nSPS) is 15.8. The Kier molecular flexibility index (Phi) is 7.69. The molecule has 1 aliphatic rings. The van der Waals surface area contributed by atoms with E-state index in [9.17, 15) is 9.90 Å². The fourth-order valence-electron chi connectivity index (χ4n) is 3.11. The number of carboxylic acid groups (broad SMARTS) is 1. The number of pyridine rings is 1. The molecule has 140 valence electrons. The summed E-state index contributed by atoms with van der Waals surface area (Å²) in [5, 5.41) is 9.59. The lowest BCUT2D eigenvalue weighted by molar-refractivity contribution is -0.144. The van der Waals surface area contributed by atoms with Crippen LogP contribution in [0.4, 0.5) is 5.69 Å². The summed E-state index contributed by atoms with van der Waals surface area (Å²) in [7, 11) is 0. The van der Waals surface area contributed by atoms with Crippen molar-refractivity contribution in [1.82, 2.24) is 9.88 Å². The third kappa shape index (κ3) is 5.34. The highest BCUT2D eigenvalue weighted by Gasteiger charge is 2.28. The van der Waals surface area contributed by atoms with E-state index in [1.165, 1.54) is 0 Å². The molecule has 0 radical (unpaired) electrons. The first kappa shape index (κ1) is 20.0. The van der Waals surface area contributed by atoms with Crippen molar-refractivity contribution in [3.8, 4) is 5.75 Å². The molecule has 1 unspecified atom stereocenters. The molecule has 0 spiro atoms. The molecule has 0 saturated carbocycles. The molecule has 1 aromatic carbocycles. The smallest absolute Gasteiger partial charge is 0.321 e. The van der Waals surface area contributed by atoms with Crippen LogP contribution in [-0.2, 0) is 4.79 Å². The second-order valence-electron chi connectivity index (χ2n) is 6.03. The Morgan fingerprint density at radius 2 is 1.73 bits per heavy atom. The van der Waals surface area contributed by atoms with Crippen molar-refractivity contribution in [2.75, 3.05) is 37.7 Å². The van der Waals surface area contributed by atoms with Crippen LogP contribution in [0.2, 0.25) is 0 Å². The second-order valence-corrected chi connectivity index (χ2v) is 6.03. The highest BCUT2D eigenvalue weighted by atomic mass is 35.5. The Balaban J connectivity index is 0.00000243. The number of benzene rings is 1. The monoisotopic (exact) mass is 377 g/mol. The summed E-state index contributed by atoms with van der Waals surface area (Å²) >= 11 is 0. The molecular formula is C19H24ClN3O3. The molecule has 0 aliphatic carbocycles. The topological polar surface area (TPSA) is 65.9 Å². The van der Waals surface area contributed by atoms with E-state index < -0.39 is 12.0 Å². The summed E-state index contributed by atoms with van der Waals surface area (Å²) in [5.74, 6) is -0.0110. The summed E-state index contributed by atoms with van der Waals surface area (Å²) < 4.78 is 5.66. The van der Waals surface area contributed by atoms with Gasteiger partial charge in [0.25, 0.3) is 0 Å². The van der Waals surface area contributed by atoms with E-state index in [0.29, 0.717) is 13.0 Å². The number of carbonyl (C=O) groups is 1. The van der Waals surface area contributed by atoms with Crippen molar-refractivity contribution in [2.24, 2.45) is 0 Å². The first-order valence-corrected chi connectivity index (χ1v) is 8.54. The van der Waals surface area contributed by atoms with E-state index >= 15 is 0 Å². The molecular weight excluding hydrogens is 354 g/mol. The molecule has 1 N–H and O–H groups in total. The van der Waals surface area contributed by atoms with Crippen molar-refractivity contribution < 1.29 is 14.6 Å². The van der Waals surface area contributed by atoms with Crippen LogP contribution in [0.3, 0.4) is 0 Å². The van der Waals surface area contributed by atoms with Gasteiger partial charge in [-0.2, -0.15) is 0 Å². The number of carboxylic acids is 1. The highest BCUT2D eigenvalue weighted by Crippen LogP contribution is 2.17. The van der Waals surface area contributed by atoms with Gasteiger partial charge >= 0.3 is 5.97 Å². The Morgan fingerprint density at radius 3 is 2.35 bits per heavy atom. The number of halogens is 1. The molecule has 3 rings (SSSR count). The van der Waals surface area contributed by atoms with Crippen LogP contribution < -0.4 is 9.64 Å². The Labute approximate surface area is 159 Å². The number of aliphatic carboxylic acids is 1.